The first-order valence-electron chi connectivity index (χ1n) is 5.77. The average Bonchev–Trinajstić information content (AvgIpc) is 3.21. The van der Waals surface area contributed by atoms with Crippen LogP contribution in [-0.4, -0.2) is 6.08 Å². The van der Waals surface area contributed by atoms with Gasteiger partial charge in [0, 0.05) is 5.56 Å². The summed E-state index contributed by atoms with van der Waals surface area (Å²) in [5.74, 6) is 0. The van der Waals surface area contributed by atoms with Crippen LogP contribution in [0.25, 0.3) is 0 Å². The second-order valence-electron chi connectivity index (χ2n) is 4.15. The van der Waals surface area contributed by atoms with Crippen LogP contribution in [0.1, 0.15) is 23.3 Å². The lowest BCUT2D eigenvalue weighted by Crippen LogP contribution is -1.85. The first-order valence-corrected chi connectivity index (χ1v) is 5.77. The van der Waals surface area contributed by atoms with Crippen molar-refractivity contribution in [3.05, 3.63) is 65.7 Å². The Labute approximate surface area is 105 Å². The van der Waals surface area contributed by atoms with Gasteiger partial charge in [0.25, 0.3) is 0 Å². The molecule has 0 aliphatic carbocycles. The fourth-order valence-corrected chi connectivity index (χ4v) is 2.12. The molecule has 0 N–H and O–H groups in total. The van der Waals surface area contributed by atoms with E-state index < -0.39 is 0 Å². The minimum atomic E-state index is -0.0132. The number of nitrogens with zero attached hydrogens (tertiary/aromatic N) is 1. The van der Waals surface area contributed by atoms with Gasteiger partial charge in [0.15, 0.2) is 0 Å². The molecule has 0 saturated carbocycles. The smallest absolute Gasteiger partial charge is 0.240 e. The molecular weight excluding hydrogens is 226 g/mol. The lowest BCUT2D eigenvalue weighted by molar-refractivity contribution is 0.378. The van der Waals surface area contributed by atoms with E-state index in [1.165, 1.54) is 0 Å². The quantitative estimate of drug-likeness (QED) is 0.466. The van der Waals surface area contributed by atoms with Gasteiger partial charge in [-0.15, -0.1) is 0 Å². The lowest BCUT2D eigenvalue weighted by atomic mass is 10.0. The predicted octanol–water partition coefficient (Wildman–Crippen LogP) is 3.47. The predicted molar refractivity (Wildman–Crippen MR) is 67.2 cm³/mol. The van der Waals surface area contributed by atoms with Crippen molar-refractivity contribution in [2.24, 2.45) is 4.99 Å². The van der Waals surface area contributed by atoms with Gasteiger partial charge in [-0.05, 0) is 11.6 Å². The Hall–Kier alpha value is -2.22. The Morgan fingerprint density at radius 3 is 2.44 bits per heavy atom. The van der Waals surface area contributed by atoms with Crippen LogP contribution in [-0.2, 0) is 9.53 Å². The van der Waals surface area contributed by atoms with Crippen LogP contribution in [0.2, 0.25) is 0 Å². The van der Waals surface area contributed by atoms with Crippen LogP contribution in [0.5, 0.6) is 0 Å². The molecule has 1 saturated heterocycles. The van der Waals surface area contributed by atoms with Crippen LogP contribution >= 0.6 is 0 Å². The van der Waals surface area contributed by atoms with E-state index in [9.17, 15) is 4.79 Å². The number of aliphatic imine (C=N–C) groups is 1. The van der Waals surface area contributed by atoms with E-state index in [1.54, 1.807) is 12.1 Å². The SMILES string of the molecule is O=C=Nc1ccccc1[C@H]1O[C@@H]1c1ccccc1. The number of para-hydroxylation sites is 1. The van der Waals surface area contributed by atoms with Gasteiger partial charge in [0.05, 0.1) is 5.69 Å². The van der Waals surface area contributed by atoms with Gasteiger partial charge < -0.3 is 4.74 Å². The monoisotopic (exact) mass is 237 g/mol. The summed E-state index contributed by atoms with van der Waals surface area (Å²) in [4.78, 5) is 14.1. The Morgan fingerprint density at radius 1 is 0.944 bits per heavy atom. The Morgan fingerprint density at radius 2 is 1.67 bits per heavy atom. The zero-order valence-corrected chi connectivity index (χ0v) is 9.61. The summed E-state index contributed by atoms with van der Waals surface area (Å²) in [5, 5.41) is 0. The molecule has 1 aliphatic rings. The average molecular weight is 237 g/mol. The van der Waals surface area contributed by atoms with Crippen molar-refractivity contribution >= 4 is 11.8 Å². The molecule has 0 radical (unpaired) electrons. The Kier molecular flexibility index (Phi) is 2.77. The Balaban J connectivity index is 1.89. The number of carbonyl (C=O) groups excluding carboxylic acids is 1. The van der Waals surface area contributed by atoms with Crippen LogP contribution < -0.4 is 0 Å². The molecule has 0 bridgehead atoms. The van der Waals surface area contributed by atoms with Crippen molar-refractivity contribution in [1.82, 2.24) is 0 Å². The normalized spacial score (nSPS) is 21.1. The summed E-state index contributed by atoms with van der Waals surface area (Å²) in [7, 11) is 0. The maximum absolute atomic E-state index is 10.4. The fraction of sp³-hybridized carbons (Fsp3) is 0.133. The Bertz CT molecular complexity index is 603. The highest BCUT2D eigenvalue weighted by molar-refractivity contribution is 5.55. The largest absolute Gasteiger partial charge is 0.359 e. The molecular formula is C15H11NO2. The number of epoxide rings is 1. The van der Waals surface area contributed by atoms with Crippen LogP contribution in [0.4, 0.5) is 5.69 Å². The third kappa shape index (κ3) is 1.97. The van der Waals surface area contributed by atoms with Gasteiger partial charge in [-0.1, -0.05) is 48.5 Å². The second kappa shape index (κ2) is 4.57. The molecule has 0 amide bonds. The summed E-state index contributed by atoms with van der Waals surface area (Å²) in [5.41, 5.74) is 2.72. The highest BCUT2D eigenvalue weighted by Crippen LogP contribution is 2.52. The number of ether oxygens (including phenoxy) is 1. The number of rotatable bonds is 3. The summed E-state index contributed by atoms with van der Waals surface area (Å²) in [6.07, 6.45) is 1.63. The van der Waals surface area contributed by atoms with Crippen molar-refractivity contribution in [2.75, 3.05) is 0 Å². The zero-order chi connectivity index (χ0) is 12.4. The molecule has 0 aromatic heterocycles. The van der Waals surface area contributed by atoms with E-state index in [-0.39, 0.29) is 12.2 Å². The third-order valence-electron chi connectivity index (χ3n) is 3.03. The highest BCUT2D eigenvalue weighted by Gasteiger charge is 2.42. The van der Waals surface area contributed by atoms with Gasteiger partial charge >= 0.3 is 0 Å². The van der Waals surface area contributed by atoms with E-state index in [4.69, 9.17) is 4.74 Å². The van der Waals surface area contributed by atoms with Crippen molar-refractivity contribution in [3.63, 3.8) is 0 Å². The molecule has 88 valence electrons. The van der Waals surface area contributed by atoms with Gasteiger partial charge in [-0.25, -0.2) is 4.79 Å². The minimum Gasteiger partial charge on any atom is -0.359 e. The number of hydrogen-bond acceptors (Lipinski definition) is 3. The third-order valence-corrected chi connectivity index (χ3v) is 3.03. The van der Waals surface area contributed by atoms with E-state index >= 15 is 0 Å². The summed E-state index contributed by atoms with van der Waals surface area (Å²) < 4.78 is 5.69. The molecule has 3 nitrogen and oxygen atoms in total. The van der Waals surface area contributed by atoms with Crippen molar-refractivity contribution in [3.8, 4) is 0 Å². The molecule has 2 aromatic rings. The molecule has 1 aliphatic heterocycles. The first kappa shape index (κ1) is 10.9. The van der Waals surface area contributed by atoms with E-state index in [1.807, 2.05) is 48.5 Å². The number of hydrogen-bond donors (Lipinski definition) is 0. The molecule has 3 heteroatoms. The van der Waals surface area contributed by atoms with Crippen molar-refractivity contribution in [1.29, 1.82) is 0 Å². The molecule has 2 aromatic carbocycles. The molecule has 1 heterocycles. The molecule has 18 heavy (non-hydrogen) atoms. The second-order valence-corrected chi connectivity index (χ2v) is 4.15. The van der Waals surface area contributed by atoms with Crippen LogP contribution in [0, 0.1) is 0 Å². The van der Waals surface area contributed by atoms with Crippen molar-refractivity contribution in [2.45, 2.75) is 12.2 Å². The maximum atomic E-state index is 10.4. The lowest BCUT2D eigenvalue weighted by Gasteiger charge is -2.00. The molecule has 1 fully saturated rings. The molecule has 0 spiro atoms. The van der Waals surface area contributed by atoms with Gasteiger partial charge in [-0.2, -0.15) is 4.99 Å². The minimum absolute atomic E-state index is 0.0132. The van der Waals surface area contributed by atoms with Crippen LogP contribution in [0.3, 0.4) is 0 Å². The van der Waals surface area contributed by atoms with E-state index in [0.29, 0.717) is 5.69 Å². The zero-order valence-electron chi connectivity index (χ0n) is 9.61. The topological polar surface area (TPSA) is 42.0 Å². The number of benzene rings is 2. The van der Waals surface area contributed by atoms with E-state index in [2.05, 4.69) is 4.99 Å². The fourth-order valence-electron chi connectivity index (χ4n) is 2.12. The van der Waals surface area contributed by atoms with Gasteiger partial charge in [-0.3, -0.25) is 0 Å². The summed E-state index contributed by atoms with van der Waals surface area (Å²) in [6, 6.07) is 17.5. The van der Waals surface area contributed by atoms with Gasteiger partial charge in [0.1, 0.15) is 12.2 Å². The standard InChI is InChI=1S/C15H11NO2/c17-10-16-13-9-5-4-8-12(13)15-14(18-15)11-6-2-1-3-7-11/h1-9,14-15H/t14-,15-/m1/s1. The molecule has 2 atom stereocenters. The summed E-state index contributed by atoms with van der Waals surface area (Å²) in [6.45, 7) is 0. The molecule has 0 unspecified atom stereocenters. The highest BCUT2D eigenvalue weighted by atomic mass is 16.6. The van der Waals surface area contributed by atoms with Crippen LogP contribution in [0.15, 0.2) is 59.6 Å². The number of isocyanates is 1. The van der Waals surface area contributed by atoms with Gasteiger partial charge in [0.2, 0.25) is 6.08 Å². The summed E-state index contributed by atoms with van der Waals surface area (Å²) >= 11 is 0. The first-order chi connectivity index (χ1) is 8.90. The van der Waals surface area contributed by atoms with E-state index in [0.717, 1.165) is 11.1 Å². The van der Waals surface area contributed by atoms with Crippen molar-refractivity contribution < 1.29 is 9.53 Å². The molecule has 3 rings (SSSR count). The maximum Gasteiger partial charge on any atom is 0.240 e.